The van der Waals surface area contributed by atoms with Crippen molar-refractivity contribution >= 4 is 0 Å². The van der Waals surface area contributed by atoms with Gasteiger partial charge in [0.05, 0.1) is 13.2 Å². The Morgan fingerprint density at radius 3 is 2.33 bits per heavy atom. The number of hydrogen-bond donors (Lipinski definition) is 2. The van der Waals surface area contributed by atoms with Crippen LogP contribution in [0.15, 0.2) is 0 Å². The Morgan fingerprint density at radius 2 is 2.00 bits per heavy atom. The largest absolute Gasteiger partial charge is 0.379 e. The molecule has 0 spiro atoms. The summed E-state index contributed by atoms with van der Waals surface area (Å²) in [5.41, 5.74) is 3.49. The van der Waals surface area contributed by atoms with Crippen molar-refractivity contribution in [1.82, 2.24) is 4.90 Å². The Bertz CT molecular complexity index is 81.0. The fourth-order valence-corrected chi connectivity index (χ4v) is 0.876. The van der Waals surface area contributed by atoms with Crippen LogP contribution in [0.4, 0.5) is 0 Å². The second kappa shape index (κ2) is 3.12. The summed E-state index contributed by atoms with van der Waals surface area (Å²) in [6, 6.07) is 0. The molecule has 1 heterocycles. The van der Waals surface area contributed by atoms with E-state index in [4.69, 9.17) is 9.84 Å². The van der Waals surface area contributed by atoms with E-state index in [0.29, 0.717) is 13.2 Å². The molecule has 0 aromatic heterocycles. The SMILES string of the molecule is [NH3+]C(O)N1CCOCC1. The van der Waals surface area contributed by atoms with E-state index in [2.05, 4.69) is 5.73 Å². The van der Waals surface area contributed by atoms with Crippen molar-refractivity contribution < 1.29 is 15.6 Å². The lowest BCUT2D eigenvalue weighted by Gasteiger charge is -2.25. The van der Waals surface area contributed by atoms with E-state index >= 15 is 0 Å². The van der Waals surface area contributed by atoms with Crippen molar-refractivity contribution in [3.63, 3.8) is 0 Å². The molecule has 1 atom stereocenters. The molecule has 1 aliphatic rings. The van der Waals surface area contributed by atoms with Gasteiger partial charge in [0.2, 0.25) is 6.35 Å². The van der Waals surface area contributed by atoms with Crippen LogP contribution in [0.5, 0.6) is 0 Å². The van der Waals surface area contributed by atoms with Gasteiger partial charge in [-0.05, 0) is 0 Å². The van der Waals surface area contributed by atoms with Gasteiger partial charge in [-0.2, -0.15) is 0 Å². The molecule has 1 fully saturated rings. The molecule has 4 heteroatoms. The lowest BCUT2D eigenvalue weighted by Crippen LogP contribution is -2.70. The number of aliphatic hydroxyl groups is 1. The van der Waals surface area contributed by atoms with Gasteiger partial charge in [0, 0.05) is 13.1 Å². The smallest absolute Gasteiger partial charge is 0.248 e. The first kappa shape index (κ1) is 6.95. The maximum atomic E-state index is 8.94. The van der Waals surface area contributed by atoms with E-state index in [1.807, 2.05) is 4.90 Å². The van der Waals surface area contributed by atoms with Crippen LogP contribution in [-0.2, 0) is 4.74 Å². The molecule has 1 rings (SSSR count). The molecule has 9 heavy (non-hydrogen) atoms. The summed E-state index contributed by atoms with van der Waals surface area (Å²) in [4.78, 5) is 1.88. The van der Waals surface area contributed by atoms with Crippen LogP contribution >= 0.6 is 0 Å². The molecule has 4 N–H and O–H groups in total. The lowest BCUT2D eigenvalue weighted by molar-refractivity contribution is -0.524. The molecule has 4 nitrogen and oxygen atoms in total. The highest BCUT2D eigenvalue weighted by molar-refractivity contribution is 4.57. The van der Waals surface area contributed by atoms with Crippen LogP contribution in [0, 0.1) is 0 Å². The molecule has 1 aliphatic heterocycles. The minimum absolute atomic E-state index is 0.561. The molecule has 1 unspecified atom stereocenters. The standard InChI is InChI=1S/C5H12N2O2/c6-5(8)7-1-3-9-4-2-7/h5,8H,1-4,6H2/p+1. The number of morpholine rings is 1. The van der Waals surface area contributed by atoms with Crippen LogP contribution in [0.25, 0.3) is 0 Å². The van der Waals surface area contributed by atoms with Crippen LogP contribution in [0.3, 0.4) is 0 Å². The lowest BCUT2D eigenvalue weighted by atomic mass is 10.4. The summed E-state index contributed by atoms with van der Waals surface area (Å²) in [6.45, 7) is 3.02. The van der Waals surface area contributed by atoms with Gasteiger partial charge in [0.25, 0.3) is 0 Å². The number of quaternary nitrogens is 1. The third-order valence-electron chi connectivity index (χ3n) is 1.47. The molecule has 54 valence electrons. The van der Waals surface area contributed by atoms with Gasteiger partial charge >= 0.3 is 0 Å². The van der Waals surface area contributed by atoms with Gasteiger partial charge in [-0.25, -0.2) is 4.90 Å². The van der Waals surface area contributed by atoms with Crippen LogP contribution in [-0.4, -0.2) is 42.7 Å². The summed E-state index contributed by atoms with van der Waals surface area (Å²) in [5.74, 6) is 0. The Kier molecular flexibility index (Phi) is 2.41. The van der Waals surface area contributed by atoms with E-state index in [0.717, 1.165) is 13.1 Å². The van der Waals surface area contributed by atoms with Crippen molar-refractivity contribution in [3.8, 4) is 0 Å². The average Bonchev–Trinajstić information content (AvgIpc) is 1.90. The van der Waals surface area contributed by atoms with Crippen molar-refractivity contribution in [2.45, 2.75) is 6.35 Å². The number of nitrogens with zero attached hydrogens (tertiary/aromatic N) is 1. The molecule has 0 aromatic carbocycles. The summed E-state index contributed by atoms with van der Waals surface area (Å²) in [6.07, 6.45) is -0.561. The first-order chi connectivity index (χ1) is 4.30. The zero-order chi connectivity index (χ0) is 6.69. The molecule has 0 aliphatic carbocycles. The van der Waals surface area contributed by atoms with Crippen LogP contribution in [0.1, 0.15) is 0 Å². The third-order valence-corrected chi connectivity index (χ3v) is 1.47. The molecule has 1 saturated heterocycles. The zero-order valence-electron chi connectivity index (χ0n) is 5.42. The Balaban J connectivity index is 2.23. The molecular weight excluding hydrogens is 120 g/mol. The Hall–Kier alpha value is -0.160. The highest BCUT2D eigenvalue weighted by Gasteiger charge is 2.16. The predicted octanol–water partition coefficient (Wildman–Crippen LogP) is -2.16. The molecular formula is C5H13N2O2+. The second-order valence-corrected chi connectivity index (χ2v) is 2.13. The maximum Gasteiger partial charge on any atom is 0.248 e. The Labute approximate surface area is 54.2 Å². The highest BCUT2D eigenvalue weighted by atomic mass is 16.5. The first-order valence-corrected chi connectivity index (χ1v) is 3.13. The number of hydrogen-bond acceptors (Lipinski definition) is 3. The first-order valence-electron chi connectivity index (χ1n) is 3.13. The fourth-order valence-electron chi connectivity index (χ4n) is 0.876. The summed E-state index contributed by atoms with van der Waals surface area (Å²) in [5, 5.41) is 8.94. The van der Waals surface area contributed by atoms with E-state index in [1.54, 1.807) is 0 Å². The average molecular weight is 133 g/mol. The summed E-state index contributed by atoms with van der Waals surface area (Å²) < 4.78 is 5.07. The van der Waals surface area contributed by atoms with Gasteiger partial charge in [-0.1, -0.05) is 0 Å². The fraction of sp³-hybridized carbons (Fsp3) is 1.00. The monoisotopic (exact) mass is 133 g/mol. The second-order valence-electron chi connectivity index (χ2n) is 2.13. The minimum Gasteiger partial charge on any atom is -0.379 e. The van der Waals surface area contributed by atoms with Crippen molar-refractivity contribution in [2.75, 3.05) is 26.3 Å². The third kappa shape index (κ3) is 1.91. The van der Waals surface area contributed by atoms with Crippen molar-refractivity contribution in [1.29, 1.82) is 0 Å². The normalized spacial score (nSPS) is 26.0. The number of rotatable bonds is 1. The number of ether oxygens (including phenoxy) is 1. The van der Waals surface area contributed by atoms with E-state index in [-0.39, 0.29) is 0 Å². The maximum absolute atomic E-state index is 8.94. The van der Waals surface area contributed by atoms with E-state index < -0.39 is 6.35 Å². The molecule has 0 aromatic rings. The zero-order valence-corrected chi connectivity index (χ0v) is 5.42. The predicted molar refractivity (Wildman–Crippen MR) is 31.3 cm³/mol. The van der Waals surface area contributed by atoms with Gasteiger partial charge in [-0.3, -0.25) is 0 Å². The van der Waals surface area contributed by atoms with Gasteiger partial charge in [0.1, 0.15) is 0 Å². The van der Waals surface area contributed by atoms with Gasteiger partial charge < -0.3 is 15.6 Å². The summed E-state index contributed by atoms with van der Waals surface area (Å²) in [7, 11) is 0. The van der Waals surface area contributed by atoms with Crippen molar-refractivity contribution in [3.05, 3.63) is 0 Å². The van der Waals surface area contributed by atoms with Crippen LogP contribution in [0.2, 0.25) is 0 Å². The Morgan fingerprint density at radius 1 is 1.44 bits per heavy atom. The molecule has 0 amide bonds. The van der Waals surface area contributed by atoms with Crippen LogP contribution < -0.4 is 5.73 Å². The quantitative estimate of drug-likeness (QED) is 0.400. The topological polar surface area (TPSA) is 60.3 Å². The van der Waals surface area contributed by atoms with Gasteiger partial charge in [-0.15, -0.1) is 0 Å². The molecule has 0 bridgehead atoms. The minimum atomic E-state index is -0.561. The summed E-state index contributed by atoms with van der Waals surface area (Å²) >= 11 is 0. The number of aliphatic hydroxyl groups excluding tert-OH is 1. The van der Waals surface area contributed by atoms with E-state index in [1.165, 1.54) is 0 Å². The molecule has 0 saturated carbocycles. The van der Waals surface area contributed by atoms with Gasteiger partial charge in [0.15, 0.2) is 0 Å². The van der Waals surface area contributed by atoms with Crippen molar-refractivity contribution in [2.24, 2.45) is 0 Å². The van der Waals surface area contributed by atoms with E-state index in [9.17, 15) is 0 Å². The molecule has 0 radical (unpaired) electrons. The highest BCUT2D eigenvalue weighted by Crippen LogP contribution is 1.95.